The third-order valence-electron chi connectivity index (χ3n) is 8.38. The highest BCUT2D eigenvalue weighted by atomic mass is 16.3. The van der Waals surface area contributed by atoms with Crippen LogP contribution in [-0.2, 0) is 9.59 Å². The molecule has 0 spiro atoms. The second-order valence-electron chi connectivity index (χ2n) is 8.95. The average molecular weight is 304 g/mol. The van der Waals surface area contributed by atoms with Crippen molar-refractivity contribution < 1.29 is 14.7 Å². The van der Waals surface area contributed by atoms with Crippen molar-refractivity contribution in [3.63, 3.8) is 0 Å². The Bertz CT molecular complexity index is 541. The Hall–Kier alpha value is -0.700. The SMILES string of the molecule is C[C@]12CCC(=O)C[C@@H]1CCC1C3CCC(=O)[C@@]3(C)CCC12O. The van der Waals surface area contributed by atoms with Crippen LogP contribution in [-0.4, -0.2) is 22.3 Å². The number of rotatable bonds is 0. The van der Waals surface area contributed by atoms with Crippen LogP contribution in [0.3, 0.4) is 0 Å². The topological polar surface area (TPSA) is 54.4 Å². The van der Waals surface area contributed by atoms with E-state index in [1.165, 1.54) is 0 Å². The van der Waals surface area contributed by atoms with E-state index in [-0.39, 0.29) is 16.7 Å². The molecule has 0 saturated heterocycles. The molecule has 0 aromatic carbocycles. The smallest absolute Gasteiger partial charge is 0.139 e. The van der Waals surface area contributed by atoms with Crippen molar-refractivity contribution in [3.05, 3.63) is 0 Å². The van der Waals surface area contributed by atoms with Gasteiger partial charge in [0.1, 0.15) is 11.6 Å². The van der Waals surface area contributed by atoms with Gasteiger partial charge in [-0.15, -0.1) is 0 Å². The monoisotopic (exact) mass is 304 g/mol. The molecule has 22 heavy (non-hydrogen) atoms. The van der Waals surface area contributed by atoms with E-state index in [0.29, 0.717) is 42.7 Å². The lowest BCUT2D eigenvalue weighted by molar-refractivity contribution is -0.228. The van der Waals surface area contributed by atoms with Crippen molar-refractivity contribution in [2.75, 3.05) is 0 Å². The van der Waals surface area contributed by atoms with E-state index in [4.69, 9.17) is 0 Å². The standard InChI is InChI=1S/C19H28O3/c1-17-9-10-19(22)15(14(17)5-6-16(17)21)4-3-12-11-13(20)7-8-18(12,19)2/h12,14-15,22H,3-11H2,1-2H3/t12-,14?,15?,17-,18-,19?/m0/s1. The van der Waals surface area contributed by atoms with Crippen LogP contribution >= 0.6 is 0 Å². The lowest BCUT2D eigenvalue weighted by Gasteiger charge is -2.64. The first kappa shape index (κ1) is 14.9. The van der Waals surface area contributed by atoms with Gasteiger partial charge < -0.3 is 5.11 Å². The summed E-state index contributed by atoms with van der Waals surface area (Å²) >= 11 is 0. The third-order valence-corrected chi connectivity index (χ3v) is 8.38. The quantitative estimate of drug-likeness (QED) is 0.747. The zero-order valence-corrected chi connectivity index (χ0v) is 13.9. The molecule has 4 saturated carbocycles. The number of fused-ring (bicyclic) bond motifs is 5. The van der Waals surface area contributed by atoms with E-state index >= 15 is 0 Å². The van der Waals surface area contributed by atoms with Crippen LogP contribution < -0.4 is 0 Å². The molecule has 0 bridgehead atoms. The molecule has 0 radical (unpaired) electrons. The maximum absolute atomic E-state index is 12.4. The van der Waals surface area contributed by atoms with Gasteiger partial charge in [0.15, 0.2) is 0 Å². The Balaban J connectivity index is 1.72. The van der Waals surface area contributed by atoms with Gasteiger partial charge in [0.25, 0.3) is 0 Å². The summed E-state index contributed by atoms with van der Waals surface area (Å²) < 4.78 is 0. The molecule has 3 nitrogen and oxygen atoms in total. The van der Waals surface area contributed by atoms with Crippen LogP contribution in [0.25, 0.3) is 0 Å². The summed E-state index contributed by atoms with van der Waals surface area (Å²) in [7, 11) is 0. The van der Waals surface area contributed by atoms with E-state index in [1.807, 2.05) is 0 Å². The maximum atomic E-state index is 12.4. The molecule has 0 amide bonds. The van der Waals surface area contributed by atoms with E-state index in [2.05, 4.69) is 13.8 Å². The number of Topliss-reactive ketones (excluding diaryl/α,β-unsaturated/α-hetero) is 2. The van der Waals surface area contributed by atoms with Crippen LogP contribution in [0, 0.1) is 28.6 Å². The van der Waals surface area contributed by atoms with E-state index in [0.717, 1.165) is 38.5 Å². The lowest BCUT2D eigenvalue weighted by Crippen LogP contribution is -2.65. The van der Waals surface area contributed by atoms with E-state index < -0.39 is 5.60 Å². The predicted molar refractivity (Wildman–Crippen MR) is 83.2 cm³/mol. The molecule has 6 atom stereocenters. The molecule has 0 heterocycles. The Morgan fingerprint density at radius 1 is 0.955 bits per heavy atom. The third kappa shape index (κ3) is 1.61. The normalized spacial score (nSPS) is 54.6. The number of aliphatic hydroxyl groups is 1. The maximum Gasteiger partial charge on any atom is 0.139 e. The molecule has 0 aliphatic heterocycles. The van der Waals surface area contributed by atoms with Crippen molar-refractivity contribution >= 4 is 11.6 Å². The minimum atomic E-state index is -0.661. The molecule has 3 unspecified atom stereocenters. The number of ketones is 2. The second-order valence-corrected chi connectivity index (χ2v) is 8.95. The minimum Gasteiger partial charge on any atom is -0.389 e. The lowest BCUT2D eigenvalue weighted by atomic mass is 9.43. The number of hydrogen-bond acceptors (Lipinski definition) is 3. The van der Waals surface area contributed by atoms with Crippen molar-refractivity contribution in [3.8, 4) is 0 Å². The number of carbonyl (C=O) groups is 2. The number of carbonyl (C=O) groups excluding carboxylic acids is 2. The summed E-state index contributed by atoms with van der Waals surface area (Å²) in [5.41, 5.74) is -0.979. The van der Waals surface area contributed by atoms with Crippen molar-refractivity contribution in [2.45, 2.75) is 77.2 Å². The zero-order valence-electron chi connectivity index (χ0n) is 13.9. The van der Waals surface area contributed by atoms with Crippen LogP contribution in [0.4, 0.5) is 0 Å². The fourth-order valence-corrected chi connectivity index (χ4v) is 6.76. The highest BCUT2D eigenvalue weighted by Crippen LogP contribution is 2.66. The van der Waals surface area contributed by atoms with Gasteiger partial charge in [-0.2, -0.15) is 0 Å². The Labute approximate surface area is 132 Å². The molecular formula is C19H28O3. The summed E-state index contributed by atoms with van der Waals surface area (Å²) in [6.45, 7) is 4.38. The number of hydrogen-bond donors (Lipinski definition) is 1. The van der Waals surface area contributed by atoms with Gasteiger partial charge in [-0.05, 0) is 56.3 Å². The first-order chi connectivity index (χ1) is 10.3. The van der Waals surface area contributed by atoms with Crippen LogP contribution in [0.15, 0.2) is 0 Å². The van der Waals surface area contributed by atoms with Crippen molar-refractivity contribution in [1.82, 2.24) is 0 Å². The van der Waals surface area contributed by atoms with E-state index in [1.54, 1.807) is 0 Å². The highest BCUT2D eigenvalue weighted by Gasteiger charge is 2.66. The molecule has 3 heteroatoms. The van der Waals surface area contributed by atoms with Gasteiger partial charge in [-0.1, -0.05) is 13.8 Å². The first-order valence-corrected chi connectivity index (χ1v) is 9.09. The molecule has 4 fully saturated rings. The average Bonchev–Trinajstić information content (AvgIpc) is 2.77. The molecule has 4 aliphatic carbocycles. The second kappa shape index (κ2) is 4.43. The fraction of sp³-hybridized carbons (Fsp3) is 0.895. The summed E-state index contributed by atoms with van der Waals surface area (Å²) in [4.78, 5) is 24.3. The van der Waals surface area contributed by atoms with Crippen molar-refractivity contribution in [2.24, 2.45) is 28.6 Å². The van der Waals surface area contributed by atoms with Gasteiger partial charge in [-0.25, -0.2) is 0 Å². The predicted octanol–water partition coefficient (Wildman–Crippen LogP) is 3.28. The molecular weight excluding hydrogens is 276 g/mol. The van der Waals surface area contributed by atoms with Crippen LogP contribution in [0.2, 0.25) is 0 Å². The summed E-state index contributed by atoms with van der Waals surface area (Å²) in [6, 6.07) is 0. The van der Waals surface area contributed by atoms with Gasteiger partial charge in [0, 0.05) is 30.1 Å². The summed E-state index contributed by atoms with van der Waals surface area (Å²) in [5.74, 6) is 1.75. The van der Waals surface area contributed by atoms with Gasteiger partial charge in [0.05, 0.1) is 5.60 Å². The summed E-state index contributed by atoms with van der Waals surface area (Å²) in [6.07, 6.45) is 7.41. The van der Waals surface area contributed by atoms with Crippen molar-refractivity contribution in [1.29, 1.82) is 0 Å². The van der Waals surface area contributed by atoms with Crippen LogP contribution in [0.1, 0.15) is 71.6 Å². The Morgan fingerprint density at radius 2 is 1.73 bits per heavy atom. The molecule has 0 aromatic heterocycles. The Kier molecular flexibility index (Phi) is 3.00. The first-order valence-electron chi connectivity index (χ1n) is 9.09. The minimum absolute atomic E-state index is 0.128. The summed E-state index contributed by atoms with van der Waals surface area (Å²) in [5, 5.41) is 11.8. The van der Waals surface area contributed by atoms with Gasteiger partial charge in [0.2, 0.25) is 0 Å². The molecule has 1 N–H and O–H groups in total. The van der Waals surface area contributed by atoms with E-state index in [9.17, 15) is 14.7 Å². The van der Waals surface area contributed by atoms with Crippen LogP contribution in [0.5, 0.6) is 0 Å². The largest absolute Gasteiger partial charge is 0.389 e. The molecule has 4 rings (SSSR count). The fourth-order valence-electron chi connectivity index (χ4n) is 6.76. The molecule has 4 aliphatic rings. The molecule has 0 aromatic rings. The van der Waals surface area contributed by atoms with Gasteiger partial charge in [-0.3, -0.25) is 9.59 Å². The zero-order chi connectivity index (χ0) is 15.8. The molecule has 122 valence electrons. The van der Waals surface area contributed by atoms with Gasteiger partial charge >= 0.3 is 0 Å². The Morgan fingerprint density at radius 3 is 2.50 bits per heavy atom. The highest BCUT2D eigenvalue weighted by molar-refractivity contribution is 5.87.